The molecule has 2 aromatic rings. The lowest BCUT2D eigenvalue weighted by molar-refractivity contribution is 0.394. The Morgan fingerprint density at radius 1 is 1.47 bits per heavy atom. The van der Waals surface area contributed by atoms with Crippen molar-refractivity contribution in [2.45, 2.75) is 23.9 Å². The Balaban J connectivity index is 1.97. The van der Waals surface area contributed by atoms with Crippen LogP contribution in [0.4, 0.5) is 0 Å². The van der Waals surface area contributed by atoms with Crippen molar-refractivity contribution in [3.63, 3.8) is 0 Å². The SMILES string of the molecule is C[C@H](N)c1nnc(SCc2cccc(Br)c2)o1. The van der Waals surface area contributed by atoms with Gasteiger partial charge in [-0.1, -0.05) is 39.8 Å². The van der Waals surface area contributed by atoms with Gasteiger partial charge in [0.05, 0.1) is 6.04 Å². The van der Waals surface area contributed by atoms with E-state index in [4.69, 9.17) is 10.2 Å². The summed E-state index contributed by atoms with van der Waals surface area (Å²) in [6, 6.07) is 7.90. The molecule has 0 unspecified atom stereocenters. The second kappa shape index (κ2) is 5.66. The van der Waals surface area contributed by atoms with Gasteiger partial charge in [0.2, 0.25) is 5.89 Å². The minimum absolute atomic E-state index is 0.220. The lowest BCUT2D eigenvalue weighted by Crippen LogP contribution is -2.04. The zero-order valence-corrected chi connectivity index (χ0v) is 11.7. The molecule has 0 spiro atoms. The highest BCUT2D eigenvalue weighted by atomic mass is 79.9. The fourth-order valence-electron chi connectivity index (χ4n) is 1.23. The van der Waals surface area contributed by atoms with E-state index in [2.05, 4.69) is 38.3 Å². The normalized spacial score (nSPS) is 12.6. The van der Waals surface area contributed by atoms with Gasteiger partial charge >= 0.3 is 0 Å². The van der Waals surface area contributed by atoms with E-state index in [1.54, 1.807) is 0 Å². The minimum Gasteiger partial charge on any atom is -0.414 e. The molecule has 90 valence electrons. The van der Waals surface area contributed by atoms with Gasteiger partial charge < -0.3 is 10.2 Å². The van der Waals surface area contributed by atoms with Crippen LogP contribution in [0.3, 0.4) is 0 Å². The zero-order chi connectivity index (χ0) is 12.3. The zero-order valence-electron chi connectivity index (χ0n) is 9.26. The van der Waals surface area contributed by atoms with Gasteiger partial charge in [0.25, 0.3) is 5.22 Å². The third-order valence-electron chi connectivity index (χ3n) is 2.06. The minimum atomic E-state index is -0.220. The predicted octanol–water partition coefficient (Wildman–Crippen LogP) is 3.14. The van der Waals surface area contributed by atoms with Gasteiger partial charge in [-0.2, -0.15) is 0 Å². The lowest BCUT2D eigenvalue weighted by atomic mass is 10.2. The van der Waals surface area contributed by atoms with Crippen molar-refractivity contribution in [2.24, 2.45) is 5.73 Å². The van der Waals surface area contributed by atoms with Gasteiger partial charge in [0.1, 0.15) is 0 Å². The molecular formula is C11H12BrN3OS. The van der Waals surface area contributed by atoms with Crippen LogP contribution in [0, 0.1) is 0 Å². The maximum Gasteiger partial charge on any atom is 0.276 e. The summed E-state index contributed by atoms with van der Waals surface area (Å²) >= 11 is 4.94. The van der Waals surface area contributed by atoms with Gasteiger partial charge in [-0.05, 0) is 24.6 Å². The van der Waals surface area contributed by atoms with Crippen molar-refractivity contribution >= 4 is 27.7 Å². The van der Waals surface area contributed by atoms with Gasteiger partial charge in [-0.25, -0.2) is 0 Å². The summed E-state index contributed by atoms with van der Waals surface area (Å²) in [4.78, 5) is 0. The van der Waals surface area contributed by atoms with E-state index < -0.39 is 0 Å². The molecule has 0 radical (unpaired) electrons. The molecule has 1 aromatic heterocycles. The summed E-state index contributed by atoms with van der Waals surface area (Å²) in [6.07, 6.45) is 0. The van der Waals surface area contributed by atoms with Crippen LogP contribution in [0.2, 0.25) is 0 Å². The first kappa shape index (κ1) is 12.6. The first-order chi connectivity index (χ1) is 8.15. The quantitative estimate of drug-likeness (QED) is 0.878. The van der Waals surface area contributed by atoms with Crippen molar-refractivity contribution in [3.8, 4) is 0 Å². The van der Waals surface area contributed by atoms with Gasteiger partial charge in [0.15, 0.2) is 0 Å². The number of halogens is 1. The smallest absolute Gasteiger partial charge is 0.276 e. The van der Waals surface area contributed by atoms with E-state index in [1.165, 1.54) is 17.3 Å². The third kappa shape index (κ3) is 3.55. The number of thioether (sulfide) groups is 1. The molecule has 0 aliphatic carbocycles. The van der Waals surface area contributed by atoms with Crippen LogP contribution in [0.15, 0.2) is 38.4 Å². The lowest BCUT2D eigenvalue weighted by Gasteiger charge is -1.99. The Morgan fingerprint density at radius 3 is 2.94 bits per heavy atom. The Labute approximate surface area is 112 Å². The fraction of sp³-hybridized carbons (Fsp3) is 0.273. The molecule has 0 aliphatic rings. The van der Waals surface area contributed by atoms with Gasteiger partial charge in [0, 0.05) is 10.2 Å². The van der Waals surface area contributed by atoms with Crippen LogP contribution in [0.25, 0.3) is 0 Å². The van der Waals surface area contributed by atoms with Crippen LogP contribution in [0.1, 0.15) is 24.4 Å². The van der Waals surface area contributed by atoms with E-state index in [9.17, 15) is 0 Å². The number of nitrogens with two attached hydrogens (primary N) is 1. The van der Waals surface area contributed by atoms with E-state index in [0.29, 0.717) is 11.1 Å². The summed E-state index contributed by atoms with van der Waals surface area (Å²) < 4.78 is 6.47. The Hall–Kier alpha value is -0.850. The van der Waals surface area contributed by atoms with Crippen LogP contribution in [0.5, 0.6) is 0 Å². The molecule has 0 aliphatic heterocycles. The first-order valence-electron chi connectivity index (χ1n) is 5.11. The molecule has 0 saturated carbocycles. The second-order valence-electron chi connectivity index (χ2n) is 3.61. The average Bonchev–Trinajstić information content (AvgIpc) is 2.75. The summed E-state index contributed by atoms with van der Waals surface area (Å²) in [5.74, 6) is 1.27. The highest BCUT2D eigenvalue weighted by molar-refractivity contribution is 9.10. The Morgan fingerprint density at radius 2 is 2.29 bits per heavy atom. The van der Waals surface area contributed by atoms with Gasteiger partial charge in [-0.3, -0.25) is 0 Å². The number of nitrogens with zero attached hydrogens (tertiary/aromatic N) is 2. The van der Waals surface area contributed by atoms with Crippen molar-refractivity contribution in [1.29, 1.82) is 0 Å². The van der Waals surface area contributed by atoms with Crippen LogP contribution in [-0.2, 0) is 5.75 Å². The highest BCUT2D eigenvalue weighted by Crippen LogP contribution is 2.24. The summed E-state index contributed by atoms with van der Waals surface area (Å²) in [6.45, 7) is 1.82. The van der Waals surface area contributed by atoms with E-state index >= 15 is 0 Å². The molecule has 6 heteroatoms. The van der Waals surface area contributed by atoms with Crippen molar-refractivity contribution < 1.29 is 4.42 Å². The molecule has 0 bridgehead atoms. The molecule has 0 amide bonds. The number of hydrogen-bond donors (Lipinski definition) is 1. The molecular weight excluding hydrogens is 302 g/mol. The first-order valence-corrected chi connectivity index (χ1v) is 6.89. The van der Waals surface area contributed by atoms with Crippen molar-refractivity contribution in [1.82, 2.24) is 10.2 Å². The molecule has 2 N–H and O–H groups in total. The monoisotopic (exact) mass is 313 g/mol. The van der Waals surface area contributed by atoms with E-state index in [1.807, 2.05) is 19.1 Å². The molecule has 4 nitrogen and oxygen atoms in total. The number of aromatic nitrogens is 2. The van der Waals surface area contributed by atoms with Crippen LogP contribution in [-0.4, -0.2) is 10.2 Å². The molecule has 1 aromatic carbocycles. The predicted molar refractivity (Wildman–Crippen MR) is 70.6 cm³/mol. The molecule has 0 saturated heterocycles. The largest absolute Gasteiger partial charge is 0.414 e. The van der Waals surface area contributed by atoms with Crippen LogP contribution >= 0.6 is 27.7 Å². The average molecular weight is 314 g/mol. The fourth-order valence-corrected chi connectivity index (χ4v) is 2.39. The van der Waals surface area contributed by atoms with E-state index in [-0.39, 0.29) is 6.04 Å². The maximum absolute atomic E-state index is 5.64. The second-order valence-corrected chi connectivity index (χ2v) is 5.46. The Kier molecular flexibility index (Phi) is 4.20. The summed E-state index contributed by atoms with van der Waals surface area (Å²) in [5, 5.41) is 8.36. The number of benzene rings is 1. The standard InChI is InChI=1S/C11H12BrN3OS/c1-7(13)10-14-15-11(16-10)17-6-8-3-2-4-9(12)5-8/h2-5,7H,6,13H2,1H3/t7-/m0/s1. The van der Waals surface area contributed by atoms with Crippen molar-refractivity contribution in [3.05, 3.63) is 40.2 Å². The van der Waals surface area contributed by atoms with Gasteiger partial charge in [-0.15, -0.1) is 10.2 Å². The maximum atomic E-state index is 5.64. The van der Waals surface area contributed by atoms with Crippen LogP contribution < -0.4 is 5.73 Å². The Bertz CT molecular complexity index is 501. The van der Waals surface area contributed by atoms with E-state index in [0.717, 1.165) is 10.2 Å². The summed E-state index contributed by atoms with van der Waals surface area (Å²) in [7, 11) is 0. The number of rotatable bonds is 4. The third-order valence-corrected chi connectivity index (χ3v) is 3.45. The molecule has 2 rings (SSSR count). The molecule has 1 atom stereocenters. The topological polar surface area (TPSA) is 64.9 Å². The molecule has 0 fully saturated rings. The van der Waals surface area contributed by atoms with Crippen molar-refractivity contribution in [2.75, 3.05) is 0 Å². The highest BCUT2D eigenvalue weighted by Gasteiger charge is 2.10. The number of hydrogen-bond acceptors (Lipinski definition) is 5. The molecule has 1 heterocycles. The molecule has 17 heavy (non-hydrogen) atoms. The summed E-state index contributed by atoms with van der Waals surface area (Å²) in [5.41, 5.74) is 6.84.